The highest BCUT2D eigenvalue weighted by atomic mass is 35.5. The maximum atomic E-state index is 11.0. The molecule has 1 aromatic carbocycles. The minimum Gasteiger partial charge on any atom is -0.396 e. The van der Waals surface area contributed by atoms with E-state index in [0.717, 1.165) is 25.7 Å². The topological polar surface area (TPSA) is 75.4 Å². The molecule has 5 nitrogen and oxygen atoms in total. The number of halogens is 1. The molecule has 2 atom stereocenters. The molecular weight excluding hydrogens is 280 g/mol. The Kier molecular flexibility index (Phi) is 5.34. The van der Waals surface area contributed by atoms with Crippen LogP contribution in [-0.4, -0.2) is 22.7 Å². The van der Waals surface area contributed by atoms with Crippen LogP contribution in [0.5, 0.6) is 0 Å². The SMILES string of the molecule is O=[N+]([O-])c1cccc(Cl)c1CNC1CCCCC1CO. The molecule has 110 valence electrons. The Morgan fingerprint density at radius 3 is 2.85 bits per heavy atom. The molecule has 0 amide bonds. The van der Waals surface area contributed by atoms with Crippen LogP contribution in [0.25, 0.3) is 0 Å². The summed E-state index contributed by atoms with van der Waals surface area (Å²) >= 11 is 6.07. The highest BCUT2D eigenvalue weighted by molar-refractivity contribution is 6.31. The number of hydrogen-bond donors (Lipinski definition) is 2. The van der Waals surface area contributed by atoms with E-state index in [2.05, 4.69) is 5.32 Å². The first-order valence-corrected chi connectivity index (χ1v) is 7.27. The third-order valence-corrected chi connectivity index (χ3v) is 4.33. The zero-order valence-corrected chi connectivity index (χ0v) is 12.0. The van der Waals surface area contributed by atoms with E-state index in [0.29, 0.717) is 17.1 Å². The van der Waals surface area contributed by atoms with Gasteiger partial charge in [-0.2, -0.15) is 0 Å². The molecule has 2 unspecified atom stereocenters. The third kappa shape index (κ3) is 3.48. The number of nitro groups is 1. The fourth-order valence-corrected chi connectivity index (χ4v) is 3.06. The van der Waals surface area contributed by atoms with Crippen molar-refractivity contribution in [3.63, 3.8) is 0 Å². The molecule has 1 fully saturated rings. The minimum atomic E-state index is -0.409. The van der Waals surface area contributed by atoms with E-state index >= 15 is 0 Å². The minimum absolute atomic E-state index is 0.0429. The summed E-state index contributed by atoms with van der Waals surface area (Å²) in [4.78, 5) is 10.6. The van der Waals surface area contributed by atoms with Gasteiger partial charge < -0.3 is 10.4 Å². The summed E-state index contributed by atoms with van der Waals surface area (Å²) in [6.07, 6.45) is 4.25. The van der Waals surface area contributed by atoms with Gasteiger partial charge in [0, 0.05) is 25.3 Å². The first-order chi connectivity index (χ1) is 9.63. The van der Waals surface area contributed by atoms with Gasteiger partial charge in [-0.05, 0) is 24.8 Å². The molecule has 6 heteroatoms. The number of benzene rings is 1. The summed E-state index contributed by atoms with van der Waals surface area (Å²) in [6, 6.07) is 4.91. The van der Waals surface area contributed by atoms with Crippen LogP contribution in [0.1, 0.15) is 31.2 Å². The molecule has 1 aromatic rings. The second kappa shape index (κ2) is 7.02. The zero-order valence-electron chi connectivity index (χ0n) is 11.2. The lowest BCUT2D eigenvalue weighted by Crippen LogP contribution is -2.39. The Morgan fingerprint density at radius 1 is 1.40 bits per heavy atom. The monoisotopic (exact) mass is 298 g/mol. The van der Waals surface area contributed by atoms with Crippen molar-refractivity contribution in [2.24, 2.45) is 5.92 Å². The summed E-state index contributed by atoms with van der Waals surface area (Å²) in [5.74, 6) is 0.227. The van der Waals surface area contributed by atoms with Gasteiger partial charge in [0.2, 0.25) is 0 Å². The lowest BCUT2D eigenvalue weighted by molar-refractivity contribution is -0.385. The highest BCUT2D eigenvalue weighted by Gasteiger charge is 2.25. The first-order valence-electron chi connectivity index (χ1n) is 6.89. The second-order valence-corrected chi connectivity index (χ2v) is 5.62. The fraction of sp³-hybridized carbons (Fsp3) is 0.571. The second-order valence-electron chi connectivity index (χ2n) is 5.21. The molecule has 0 aliphatic heterocycles. The molecule has 0 aromatic heterocycles. The van der Waals surface area contributed by atoms with Gasteiger partial charge in [-0.1, -0.05) is 30.5 Å². The van der Waals surface area contributed by atoms with Gasteiger partial charge in [0.25, 0.3) is 5.69 Å². The van der Waals surface area contributed by atoms with Gasteiger partial charge >= 0.3 is 0 Å². The molecule has 20 heavy (non-hydrogen) atoms. The van der Waals surface area contributed by atoms with Crippen LogP contribution < -0.4 is 5.32 Å². The highest BCUT2D eigenvalue weighted by Crippen LogP contribution is 2.28. The molecule has 0 spiro atoms. The summed E-state index contributed by atoms with van der Waals surface area (Å²) in [5.41, 5.74) is 0.558. The summed E-state index contributed by atoms with van der Waals surface area (Å²) in [6.45, 7) is 0.513. The number of nitrogens with zero attached hydrogens (tertiary/aromatic N) is 1. The van der Waals surface area contributed by atoms with Gasteiger partial charge in [-0.15, -0.1) is 0 Å². The third-order valence-electron chi connectivity index (χ3n) is 3.98. The van der Waals surface area contributed by atoms with Crippen molar-refractivity contribution in [2.75, 3.05) is 6.61 Å². The lowest BCUT2D eigenvalue weighted by atomic mass is 9.85. The van der Waals surface area contributed by atoms with Crippen molar-refractivity contribution in [1.82, 2.24) is 5.32 Å². The number of nitrogens with one attached hydrogen (secondary N) is 1. The Bertz CT molecular complexity index is 481. The number of rotatable bonds is 5. The van der Waals surface area contributed by atoms with Crippen LogP contribution in [0.2, 0.25) is 5.02 Å². The maximum Gasteiger partial charge on any atom is 0.275 e. The van der Waals surface area contributed by atoms with Crippen LogP contribution in [0.3, 0.4) is 0 Å². The number of aliphatic hydroxyl groups is 1. The molecule has 2 N–H and O–H groups in total. The van der Waals surface area contributed by atoms with Crippen LogP contribution >= 0.6 is 11.6 Å². The molecule has 0 saturated heterocycles. The maximum absolute atomic E-state index is 11.0. The van der Waals surface area contributed by atoms with E-state index in [1.807, 2.05) is 0 Å². The molecule has 0 radical (unpaired) electrons. The zero-order chi connectivity index (χ0) is 14.5. The number of aliphatic hydroxyl groups excluding tert-OH is 1. The summed E-state index contributed by atoms with van der Waals surface area (Å²) < 4.78 is 0. The molecule has 0 heterocycles. The van der Waals surface area contributed by atoms with Crippen molar-refractivity contribution in [1.29, 1.82) is 0 Å². The van der Waals surface area contributed by atoms with Crippen LogP contribution in [-0.2, 0) is 6.54 Å². The van der Waals surface area contributed by atoms with Crippen molar-refractivity contribution in [2.45, 2.75) is 38.3 Å². The van der Waals surface area contributed by atoms with E-state index in [4.69, 9.17) is 11.6 Å². The molecule has 1 aliphatic carbocycles. The predicted octanol–water partition coefficient (Wildman–Crippen LogP) is 2.89. The molecule has 1 saturated carbocycles. The van der Waals surface area contributed by atoms with Gasteiger partial charge in [0.15, 0.2) is 0 Å². The van der Waals surface area contributed by atoms with Gasteiger partial charge in [-0.25, -0.2) is 0 Å². The van der Waals surface area contributed by atoms with Gasteiger partial charge in [0.05, 0.1) is 15.5 Å². The Balaban J connectivity index is 2.08. The Morgan fingerprint density at radius 2 is 2.15 bits per heavy atom. The first kappa shape index (κ1) is 15.2. The summed E-state index contributed by atoms with van der Waals surface area (Å²) in [5, 5.41) is 24.1. The van der Waals surface area contributed by atoms with E-state index in [-0.39, 0.29) is 24.3 Å². The normalized spacial score (nSPS) is 22.7. The van der Waals surface area contributed by atoms with Gasteiger partial charge in [0.1, 0.15) is 0 Å². The van der Waals surface area contributed by atoms with Crippen molar-refractivity contribution < 1.29 is 10.0 Å². The smallest absolute Gasteiger partial charge is 0.275 e. The molecule has 0 bridgehead atoms. The number of hydrogen-bond acceptors (Lipinski definition) is 4. The predicted molar refractivity (Wildman–Crippen MR) is 77.8 cm³/mol. The molecule has 2 rings (SSSR count). The van der Waals surface area contributed by atoms with E-state index in [9.17, 15) is 15.2 Å². The van der Waals surface area contributed by atoms with Crippen LogP contribution in [0, 0.1) is 16.0 Å². The van der Waals surface area contributed by atoms with E-state index in [1.54, 1.807) is 12.1 Å². The average molecular weight is 299 g/mol. The van der Waals surface area contributed by atoms with Crippen molar-refractivity contribution >= 4 is 17.3 Å². The van der Waals surface area contributed by atoms with E-state index in [1.165, 1.54) is 6.07 Å². The fourth-order valence-electron chi connectivity index (χ4n) is 2.82. The van der Waals surface area contributed by atoms with Crippen molar-refractivity contribution in [3.8, 4) is 0 Å². The van der Waals surface area contributed by atoms with E-state index < -0.39 is 4.92 Å². The van der Waals surface area contributed by atoms with Crippen LogP contribution in [0.4, 0.5) is 5.69 Å². The van der Waals surface area contributed by atoms with Crippen molar-refractivity contribution in [3.05, 3.63) is 38.9 Å². The molecular formula is C14H19ClN2O3. The average Bonchev–Trinajstić information content (AvgIpc) is 2.46. The quantitative estimate of drug-likeness (QED) is 0.647. The standard InChI is InChI=1S/C14H19ClN2O3/c15-12-5-3-7-14(17(19)20)11(12)8-16-13-6-2-1-4-10(13)9-18/h3,5,7,10,13,16,18H,1-2,4,6,8-9H2. The Hall–Kier alpha value is -1.17. The number of nitro benzene ring substituents is 1. The lowest BCUT2D eigenvalue weighted by Gasteiger charge is -2.31. The summed E-state index contributed by atoms with van der Waals surface area (Å²) in [7, 11) is 0. The van der Waals surface area contributed by atoms with Crippen LogP contribution in [0.15, 0.2) is 18.2 Å². The molecule has 1 aliphatic rings. The largest absolute Gasteiger partial charge is 0.396 e. The van der Waals surface area contributed by atoms with Gasteiger partial charge in [-0.3, -0.25) is 10.1 Å². The Labute approximate surface area is 123 Å².